The van der Waals surface area contributed by atoms with E-state index in [4.69, 9.17) is 4.74 Å². The number of nitrogens with one attached hydrogen (secondary N) is 1. The van der Waals surface area contributed by atoms with Gasteiger partial charge in [-0.1, -0.05) is 13.3 Å². The molecule has 0 bridgehead atoms. The van der Waals surface area contributed by atoms with Crippen LogP contribution in [0.5, 0.6) is 0 Å². The first-order valence-electron chi connectivity index (χ1n) is 7.91. The van der Waals surface area contributed by atoms with Gasteiger partial charge in [0.2, 0.25) is 0 Å². The molecule has 0 aromatic carbocycles. The summed E-state index contributed by atoms with van der Waals surface area (Å²) in [5.74, 6) is -0.398. The van der Waals surface area contributed by atoms with Crippen molar-refractivity contribution >= 4 is 12.0 Å². The van der Waals surface area contributed by atoms with Crippen LogP contribution in [0.3, 0.4) is 0 Å². The molecule has 2 atom stereocenters. The Morgan fingerprint density at radius 3 is 2.90 bits per heavy atom. The van der Waals surface area contributed by atoms with Crippen LogP contribution >= 0.6 is 0 Å². The second kappa shape index (κ2) is 7.11. The summed E-state index contributed by atoms with van der Waals surface area (Å²) in [5, 5.41) is 12.4. The Labute approximate surface area is 125 Å². The van der Waals surface area contributed by atoms with Crippen LogP contribution in [-0.4, -0.2) is 54.9 Å². The lowest BCUT2D eigenvalue weighted by atomic mass is 9.83. The molecule has 2 aliphatic heterocycles. The number of aliphatic carboxylic acids is 1. The summed E-state index contributed by atoms with van der Waals surface area (Å²) in [6.45, 7) is 4.96. The number of carbonyl (C=O) groups is 2. The van der Waals surface area contributed by atoms with Crippen molar-refractivity contribution in [1.82, 2.24) is 10.2 Å². The van der Waals surface area contributed by atoms with Gasteiger partial charge in [0, 0.05) is 26.2 Å². The van der Waals surface area contributed by atoms with E-state index in [2.05, 4.69) is 5.32 Å². The minimum absolute atomic E-state index is 0.139. The van der Waals surface area contributed by atoms with E-state index in [1.807, 2.05) is 6.92 Å². The molecule has 6 nitrogen and oxygen atoms in total. The Hall–Kier alpha value is -1.30. The number of carbonyl (C=O) groups excluding carboxylic acids is 1. The fourth-order valence-electron chi connectivity index (χ4n) is 3.32. The van der Waals surface area contributed by atoms with E-state index in [1.54, 1.807) is 4.90 Å². The molecule has 2 rings (SSSR count). The Morgan fingerprint density at radius 2 is 2.29 bits per heavy atom. The Morgan fingerprint density at radius 1 is 1.48 bits per heavy atom. The third-order valence-corrected chi connectivity index (χ3v) is 4.62. The lowest BCUT2D eigenvalue weighted by Crippen LogP contribution is -2.43. The van der Waals surface area contributed by atoms with Gasteiger partial charge in [-0.05, 0) is 31.6 Å². The van der Waals surface area contributed by atoms with Crippen molar-refractivity contribution in [1.29, 1.82) is 0 Å². The van der Waals surface area contributed by atoms with Gasteiger partial charge in [-0.15, -0.1) is 0 Å². The largest absolute Gasteiger partial charge is 0.481 e. The van der Waals surface area contributed by atoms with Crippen LogP contribution in [0.15, 0.2) is 0 Å². The molecule has 2 aliphatic rings. The van der Waals surface area contributed by atoms with Crippen molar-refractivity contribution < 1.29 is 19.4 Å². The number of ether oxygens (including phenoxy) is 1. The Bertz CT molecular complexity index is 382. The lowest BCUT2D eigenvalue weighted by molar-refractivity contribution is -0.148. The quantitative estimate of drug-likeness (QED) is 0.809. The number of carboxylic acid groups (broad SMARTS) is 1. The van der Waals surface area contributed by atoms with Gasteiger partial charge in [0.15, 0.2) is 0 Å². The van der Waals surface area contributed by atoms with Crippen LogP contribution in [0, 0.1) is 11.3 Å². The number of hydrogen-bond acceptors (Lipinski definition) is 3. The van der Waals surface area contributed by atoms with Crippen LogP contribution in [0.25, 0.3) is 0 Å². The number of urea groups is 1. The predicted molar refractivity (Wildman–Crippen MR) is 78.1 cm³/mol. The highest BCUT2D eigenvalue weighted by Crippen LogP contribution is 2.35. The molecule has 0 aliphatic carbocycles. The molecule has 0 aromatic heterocycles. The van der Waals surface area contributed by atoms with Gasteiger partial charge in [0.05, 0.1) is 12.0 Å². The third kappa shape index (κ3) is 3.87. The molecule has 6 heteroatoms. The maximum Gasteiger partial charge on any atom is 0.317 e. The van der Waals surface area contributed by atoms with Crippen molar-refractivity contribution in [3.63, 3.8) is 0 Å². The van der Waals surface area contributed by atoms with Crippen LogP contribution < -0.4 is 5.32 Å². The molecule has 0 aromatic rings. The van der Waals surface area contributed by atoms with E-state index >= 15 is 0 Å². The van der Waals surface area contributed by atoms with Crippen molar-refractivity contribution in [3.05, 3.63) is 0 Å². The SMILES string of the molecule is CCCC1(C(=O)O)CCN(C(=O)NCC2CCCOC2)C1. The van der Waals surface area contributed by atoms with Crippen molar-refractivity contribution in [2.45, 2.75) is 39.0 Å². The molecular formula is C15H26N2O4. The topological polar surface area (TPSA) is 78.9 Å². The lowest BCUT2D eigenvalue weighted by Gasteiger charge is -2.26. The molecule has 0 radical (unpaired) electrons. The standard InChI is InChI=1S/C15H26N2O4/c1-2-5-15(13(18)19)6-7-17(11-15)14(20)16-9-12-4-3-8-21-10-12/h12H,2-11H2,1H3,(H,16,20)(H,18,19). The molecule has 2 saturated heterocycles. The molecule has 2 N–H and O–H groups in total. The molecule has 120 valence electrons. The summed E-state index contributed by atoms with van der Waals surface area (Å²) in [6.07, 6.45) is 4.12. The fraction of sp³-hybridized carbons (Fsp3) is 0.867. The average molecular weight is 298 g/mol. The van der Waals surface area contributed by atoms with Crippen LogP contribution in [0.2, 0.25) is 0 Å². The molecule has 0 spiro atoms. The highest BCUT2D eigenvalue weighted by atomic mass is 16.5. The molecular weight excluding hydrogens is 272 g/mol. The number of likely N-dealkylation sites (tertiary alicyclic amines) is 1. The molecule has 2 unspecified atom stereocenters. The summed E-state index contributed by atoms with van der Waals surface area (Å²) in [5.41, 5.74) is -0.750. The van der Waals surface area contributed by atoms with Crippen molar-refractivity contribution in [2.75, 3.05) is 32.8 Å². The minimum atomic E-state index is -0.777. The Kier molecular flexibility index (Phi) is 5.45. The zero-order valence-electron chi connectivity index (χ0n) is 12.8. The molecule has 2 fully saturated rings. The van der Waals surface area contributed by atoms with Gasteiger partial charge in [-0.3, -0.25) is 4.79 Å². The van der Waals surface area contributed by atoms with Gasteiger partial charge in [-0.25, -0.2) is 4.79 Å². The van der Waals surface area contributed by atoms with E-state index in [0.717, 1.165) is 25.9 Å². The van der Waals surface area contributed by atoms with Crippen LogP contribution in [0.1, 0.15) is 39.0 Å². The van der Waals surface area contributed by atoms with Gasteiger partial charge in [-0.2, -0.15) is 0 Å². The highest BCUT2D eigenvalue weighted by Gasteiger charge is 2.45. The zero-order valence-corrected chi connectivity index (χ0v) is 12.8. The van der Waals surface area contributed by atoms with E-state index in [9.17, 15) is 14.7 Å². The van der Waals surface area contributed by atoms with Gasteiger partial charge >= 0.3 is 12.0 Å². The molecule has 0 saturated carbocycles. The van der Waals surface area contributed by atoms with Crippen molar-refractivity contribution in [2.24, 2.45) is 11.3 Å². The fourth-order valence-corrected chi connectivity index (χ4v) is 3.32. The zero-order chi connectivity index (χ0) is 15.3. The van der Waals surface area contributed by atoms with E-state index in [0.29, 0.717) is 45.0 Å². The number of hydrogen-bond donors (Lipinski definition) is 2. The van der Waals surface area contributed by atoms with E-state index in [1.165, 1.54) is 0 Å². The minimum Gasteiger partial charge on any atom is -0.481 e. The van der Waals surface area contributed by atoms with Crippen LogP contribution in [0.4, 0.5) is 4.79 Å². The predicted octanol–water partition coefficient (Wildman–Crippen LogP) is 1.70. The summed E-state index contributed by atoms with van der Waals surface area (Å²) < 4.78 is 5.39. The van der Waals surface area contributed by atoms with Crippen LogP contribution in [-0.2, 0) is 9.53 Å². The first kappa shape index (κ1) is 16.1. The van der Waals surface area contributed by atoms with Gasteiger partial charge in [0.1, 0.15) is 0 Å². The summed E-state index contributed by atoms with van der Waals surface area (Å²) in [4.78, 5) is 25.3. The monoisotopic (exact) mass is 298 g/mol. The smallest absolute Gasteiger partial charge is 0.317 e. The second-order valence-electron chi connectivity index (χ2n) is 6.28. The van der Waals surface area contributed by atoms with Gasteiger partial charge < -0.3 is 20.1 Å². The summed E-state index contributed by atoms with van der Waals surface area (Å²) in [6, 6.07) is -0.139. The maximum absolute atomic E-state index is 12.2. The van der Waals surface area contributed by atoms with E-state index < -0.39 is 11.4 Å². The molecule has 21 heavy (non-hydrogen) atoms. The number of carboxylic acids is 1. The molecule has 2 amide bonds. The second-order valence-corrected chi connectivity index (χ2v) is 6.28. The first-order valence-corrected chi connectivity index (χ1v) is 7.91. The van der Waals surface area contributed by atoms with Crippen molar-refractivity contribution in [3.8, 4) is 0 Å². The molecule has 2 heterocycles. The highest BCUT2D eigenvalue weighted by molar-refractivity contribution is 5.79. The third-order valence-electron chi connectivity index (χ3n) is 4.62. The summed E-state index contributed by atoms with van der Waals surface area (Å²) >= 11 is 0. The number of amides is 2. The first-order chi connectivity index (χ1) is 10.1. The number of nitrogens with zero attached hydrogens (tertiary/aromatic N) is 1. The van der Waals surface area contributed by atoms with E-state index in [-0.39, 0.29) is 6.03 Å². The average Bonchev–Trinajstić information content (AvgIpc) is 2.92. The maximum atomic E-state index is 12.2. The number of rotatable bonds is 5. The summed E-state index contributed by atoms with van der Waals surface area (Å²) in [7, 11) is 0. The normalized spacial score (nSPS) is 29.4. The van der Waals surface area contributed by atoms with Gasteiger partial charge in [0.25, 0.3) is 0 Å². The Balaban J connectivity index is 1.82.